The lowest BCUT2D eigenvalue weighted by Crippen LogP contribution is -2.52. The molecule has 0 radical (unpaired) electrons. The lowest BCUT2D eigenvalue weighted by atomic mass is 9.87. The molecule has 1 unspecified atom stereocenters. The molecule has 0 saturated heterocycles. The third-order valence-electron chi connectivity index (χ3n) is 4.56. The van der Waals surface area contributed by atoms with Crippen LogP contribution in [-0.2, 0) is 11.2 Å². The summed E-state index contributed by atoms with van der Waals surface area (Å²) in [5, 5.41) is 3.65. The first-order valence-corrected chi connectivity index (χ1v) is 8.63. The van der Waals surface area contributed by atoms with Crippen LogP contribution in [0.4, 0.5) is 4.39 Å². The van der Waals surface area contributed by atoms with Crippen LogP contribution in [0.3, 0.4) is 0 Å². The fourth-order valence-corrected chi connectivity index (χ4v) is 3.76. The van der Waals surface area contributed by atoms with Crippen LogP contribution in [0.2, 0.25) is 0 Å². The maximum Gasteiger partial charge on any atom is 0.137 e. The van der Waals surface area contributed by atoms with Gasteiger partial charge in [0.05, 0.1) is 10.1 Å². The molecule has 1 aromatic carbocycles. The van der Waals surface area contributed by atoms with E-state index in [0.29, 0.717) is 4.47 Å². The van der Waals surface area contributed by atoms with Crippen LogP contribution >= 0.6 is 15.9 Å². The SMILES string of the molecule is CCCNC(Cc1ccc(F)c(Br)c1)C1(OC)CCCC1. The summed E-state index contributed by atoms with van der Waals surface area (Å²) in [7, 11) is 1.83. The van der Waals surface area contributed by atoms with Gasteiger partial charge in [0.1, 0.15) is 5.82 Å². The number of ether oxygens (including phenoxy) is 1. The summed E-state index contributed by atoms with van der Waals surface area (Å²) in [5.74, 6) is -0.209. The number of halogens is 2. The molecular weight excluding hydrogens is 333 g/mol. The summed E-state index contributed by atoms with van der Waals surface area (Å²) < 4.78 is 19.9. The van der Waals surface area contributed by atoms with E-state index in [1.165, 1.54) is 18.9 Å². The minimum absolute atomic E-state index is 0.0734. The van der Waals surface area contributed by atoms with Crippen molar-refractivity contribution < 1.29 is 9.13 Å². The summed E-state index contributed by atoms with van der Waals surface area (Å²) in [4.78, 5) is 0. The van der Waals surface area contributed by atoms with Crippen LogP contribution in [0.1, 0.15) is 44.6 Å². The van der Waals surface area contributed by atoms with Gasteiger partial charge in [-0.25, -0.2) is 4.39 Å². The Kier molecular flexibility index (Phi) is 6.20. The smallest absolute Gasteiger partial charge is 0.137 e. The van der Waals surface area contributed by atoms with Crippen LogP contribution in [0, 0.1) is 5.82 Å². The van der Waals surface area contributed by atoms with Gasteiger partial charge in [0.2, 0.25) is 0 Å². The highest BCUT2D eigenvalue weighted by atomic mass is 79.9. The van der Waals surface area contributed by atoms with Crippen LogP contribution < -0.4 is 5.32 Å². The summed E-state index contributed by atoms with van der Waals surface area (Å²) >= 11 is 3.28. The zero-order valence-electron chi connectivity index (χ0n) is 12.9. The lowest BCUT2D eigenvalue weighted by Gasteiger charge is -2.37. The Labute approximate surface area is 135 Å². The maximum absolute atomic E-state index is 13.4. The predicted molar refractivity (Wildman–Crippen MR) is 88.1 cm³/mol. The fraction of sp³-hybridized carbons (Fsp3) is 0.647. The zero-order valence-corrected chi connectivity index (χ0v) is 14.5. The van der Waals surface area contributed by atoms with Gasteiger partial charge in [0.15, 0.2) is 0 Å². The molecule has 0 spiro atoms. The van der Waals surface area contributed by atoms with Crippen molar-refractivity contribution in [3.05, 3.63) is 34.1 Å². The van der Waals surface area contributed by atoms with Crippen molar-refractivity contribution in [2.45, 2.75) is 57.1 Å². The number of hydrogen-bond donors (Lipinski definition) is 1. The van der Waals surface area contributed by atoms with Gasteiger partial charge in [-0.15, -0.1) is 0 Å². The Bertz CT molecular complexity index is 460. The Balaban J connectivity index is 2.17. The molecule has 1 fully saturated rings. The molecule has 21 heavy (non-hydrogen) atoms. The lowest BCUT2D eigenvalue weighted by molar-refractivity contribution is -0.0354. The van der Waals surface area contributed by atoms with E-state index in [9.17, 15) is 4.39 Å². The molecule has 0 bridgehead atoms. The van der Waals surface area contributed by atoms with Crippen LogP contribution in [0.5, 0.6) is 0 Å². The zero-order chi connectivity index (χ0) is 15.3. The van der Waals surface area contributed by atoms with Gasteiger partial charge < -0.3 is 10.1 Å². The van der Waals surface area contributed by atoms with E-state index in [-0.39, 0.29) is 17.5 Å². The molecule has 1 saturated carbocycles. The van der Waals surface area contributed by atoms with Gasteiger partial charge in [0, 0.05) is 13.2 Å². The van der Waals surface area contributed by atoms with Crippen molar-refractivity contribution in [3.63, 3.8) is 0 Å². The van der Waals surface area contributed by atoms with Crippen LogP contribution in [0.15, 0.2) is 22.7 Å². The van der Waals surface area contributed by atoms with Gasteiger partial charge in [-0.2, -0.15) is 0 Å². The molecule has 1 atom stereocenters. The van der Waals surface area contributed by atoms with E-state index in [4.69, 9.17) is 4.74 Å². The summed E-state index contributed by atoms with van der Waals surface area (Å²) in [5.41, 5.74) is 1.07. The van der Waals surface area contributed by atoms with Gasteiger partial charge in [-0.05, 0) is 65.9 Å². The van der Waals surface area contributed by atoms with E-state index in [1.807, 2.05) is 19.2 Å². The molecular formula is C17H25BrFNO. The van der Waals surface area contributed by atoms with Gasteiger partial charge >= 0.3 is 0 Å². The van der Waals surface area contributed by atoms with Gasteiger partial charge in [-0.3, -0.25) is 0 Å². The van der Waals surface area contributed by atoms with Crippen molar-refractivity contribution in [3.8, 4) is 0 Å². The standard InChI is InChI=1S/C17H25BrFNO/c1-3-10-20-16(17(21-2)8-4-5-9-17)12-13-6-7-15(19)14(18)11-13/h6-7,11,16,20H,3-5,8-10,12H2,1-2H3. The quantitative estimate of drug-likeness (QED) is 0.777. The van der Waals surface area contributed by atoms with Crippen molar-refractivity contribution >= 4 is 15.9 Å². The fourth-order valence-electron chi connectivity index (χ4n) is 3.33. The summed E-state index contributed by atoms with van der Waals surface area (Å²) in [6.45, 7) is 3.16. The third kappa shape index (κ3) is 4.05. The third-order valence-corrected chi connectivity index (χ3v) is 5.16. The predicted octanol–water partition coefficient (Wildman–Crippen LogP) is 4.46. The highest BCUT2D eigenvalue weighted by molar-refractivity contribution is 9.10. The van der Waals surface area contributed by atoms with Crippen molar-refractivity contribution in [2.75, 3.05) is 13.7 Å². The van der Waals surface area contributed by atoms with E-state index in [1.54, 1.807) is 0 Å². The number of nitrogens with one attached hydrogen (secondary N) is 1. The van der Waals surface area contributed by atoms with E-state index in [2.05, 4.69) is 28.2 Å². The average Bonchev–Trinajstić information content (AvgIpc) is 2.97. The second-order valence-corrected chi connectivity index (χ2v) is 6.79. The molecule has 1 aliphatic rings. The monoisotopic (exact) mass is 357 g/mol. The minimum atomic E-state index is -0.209. The normalized spacial score (nSPS) is 18.9. The molecule has 0 heterocycles. The molecule has 1 aromatic rings. The van der Waals surface area contributed by atoms with Crippen molar-refractivity contribution in [1.29, 1.82) is 0 Å². The second-order valence-electron chi connectivity index (χ2n) is 5.94. The second kappa shape index (κ2) is 7.70. The van der Waals surface area contributed by atoms with Crippen LogP contribution in [-0.4, -0.2) is 25.3 Å². The molecule has 2 rings (SSSR count). The van der Waals surface area contributed by atoms with Crippen molar-refractivity contribution in [2.24, 2.45) is 0 Å². The Morgan fingerprint density at radius 3 is 2.67 bits per heavy atom. The number of hydrogen-bond acceptors (Lipinski definition) is 2. The maximum atomic E-state index is 13.4. The average molecular weight is 358 g/mol. The molecule has 2 nitrogen and oxygen atoms in total. The number of methoxy groups -OCH3 is 1. The largest absolute Gasteiger partial charge is 0.377 e. The summed E-state index contributed by atoms with van der Waals surface area (Å²) in [6.07, 6.45) is 6.63. The van der Waals surface area contributed by atoms with E-state index >= 15 is 0 Å². The van der Waals surface area contributed by atoms with Gasteiger partial charge in [0.25, 0.3) is 0 Å². The highest BCUT2D eigenvalue weighted by Gasteiger charge is 2.41. The Hall–Kier alpha value is -0.450. The topological polar surface area (TPSA) is 21.3 Å². The first kappa shape index (κ1) is 16.9. The molecule has 0 aliphatic heterocycles. The molecule has 4 heteroatoms. The summed E-state index contributed by atoms with van der Waals surface area (Å²) in [6, 6.07) is 5.57. The highest BCUT2D eigenvalue weighted by Crippen LogP contribution is 2.37. The molecule has 1 N–H and O–H groups in total. The molecule has 118 valence electrons. The van der Waals surface area contributed by atoms with Crippen molar-refractivity contribution in [1.82, 2.24) is 5.32 Å². The van der Waals surface area contributed by atoms with Crippen LogP contribution in [0.25, 0.3) is 0 Å². The molecule has 0 amide bonds. The van der Waals surface area contributed by atoms with E-state index < -0.39 is 0 Å². The Morgan fingerprint density at radius 1 is 1.38 bits per heavy atom. The molecule has 1 aliphatic carbocycles. The Morgan fingerprint density at radius 2 is 2.10 bits per heavy atom. The number of rotatable bonds is 7. The first-order valence-electron chi connectivity index (χ1n) is 7.84. The minimum Gasteiger partial charge on any atom is -0.377 e. The van der Waals surface area contributed by atoms with Gasteiger partial charge in [-0.1, -0.05) is 25.8 Å². The van der Waals surface area contributed by atoms with E-state index in [0.717, 1.165) is 37.8 Å². The number of benzene rings is 1. The molecule has 0 aromatic heterocycles. The first-order chi connectivity index (χ1) is 10.1.